The number of fused-ring (bicyclic) bond motifs is 1. The van der Waals surface area contributed by atoms with Gasteiger partial charge in [-0.3, -0.25) is 4.40 Å². The van der Waals surface area contributed by atoms with Crippen LogP contribution in [0.4, 0.5) is 0 Å². The lowest BCUT2D eigenvalue weighted by atomic mass is 10.2. The second-order valence-corrected chi connectivity index (χ2v) is 5.67. The van der Waals surface area contributed by atoms with Crippen LogP contribution in [0.3, 0.4) is 0 Å². The van der Waals surface area contributed by atoms with Crippen molar-refractivity contribution >= 4 is 32.2 Å². The second-order valence-electron chi connectivity index (χ2n) is 4.23. The highest BCUT2D eigenvalue weighted by Crippen LogP contribution is 2.29. The van der Waals surface area contributed by atoms with Crippen molar-refractivity contribution in [2.75, 3.05) is 7.11 Å². The lowest BCUT2D eigenvalue weighted by Crippen LogP contribution is -1.98. The first-order chi connectivity index (χ1) is 9.80. The van der Waals surface area contributed by atoms with Crippen LogP contribution in [0.5, 0.6) is 11.5 Å². The van der Waals surface area contributed by atoms with Crippen LogP contribution in [-0.2, 0) is 11.9 Å². The quantitative estimate of drug-likeness (QED) is 0.653. The molecule has 2 aromatic heterocycles. The molecule has 0 aliphatic carbocycles. The number of nitrogens with zero attached hydrogens (tertiary/aromatic N) is 2. The number of rotatable bonds is 5. The fourth-order valence-corrected chi connectivity index (χ4v) is 2.98. The number of benzene rings is 1. The molecule has 1 aromatic carbocycles. The van der Waals surface area contributed by atoms with E-state index < -0.39 is 0 Å². The van der Waals surface area contributed by atoms with Crippen LogP contribution >= 0.6 is 27.3 Å². The van der Waals surface area contributed by atoms with Gasteiger partial charge >= 0.3 is 0 Å². The first kappa shape index (κ1) is 13.5. The molecule has 0 aliphatic heterocycles. The summed E-state index contributed by atoms with van der Waals surface area (Å²) in [6, 6.07) is 5.90. The second kappa shape index (κ2) is 5.85. The van der Waals surface area contributed by atoms with Gasteiger partial charge in [-0.15, -0.1) is 11.3 Å². The lowest BCUT2D eigenvalue weighted by Gasteiger charge is -2.10. The SMILES string of the molecule is COc1ccc(CBr)cc1OCc1cn2ccsc2n1. The van der Waals surface area contributed by atoms with Crippen molar-refractivity contribution in [1.29, 1.82) is 0 Å². The number of thiazole rings is 1. The van der Waals surface area contributed by atoms with E-state index in [1.807, 2.05) is 40.4 Å². The van der Waals surface area contributed by atoms with E-state index in [-0.39, 0.29) is 0 Å². The van der Waals surface area contributed by atoms with Gasteiger partial charge in [-0.05, 0) is 17.7 Å². The van der Waals surface area contributed by atoms with Crippen LogP contribution in [0.25, 0.3) is 4.96 Å². The van der Waals surface area contributed by atoms with Gasteiger partial charge in [0.05, 0.1) is 12.8 Å². The number of alkyl halides is 1. The highest BCUT2D eigenvalue weighted by Gasteiger charge is 2.08. The highest BCUT2D eigenvalue weighted by atomic mass is 79.9. The molecule has 0 spiro atoms. The number of aromatic nitrogens is 2. The van der Waals surface area contributed by atoms with Crippen molar-refractivity contribution < 1.29 is 9.47 Å². The molecule has 4 nitrogen and oxygen atoms in total. The number of halogens is 1. The Hall–Kier alpha value is -1.53. The molecule has 3 rings (SSSR count). The molecule has 3 aromatic rings. The maximum Gasteiger partial charge on any atom is 0.193 e. The normalized spacial score (nSPS) is 10.9. The number of hydrogen-bond donors (Lipinski definition) is 0. The molecule has 0 radical (unpaired) electrons. The van der Waals surface area contributed by atoms with E-state index in [0.29, 0.717) is 6.61 Å². The Labute approximate surface area is 129 Å². The summed E-state index contributed by atoms with van der Waals surface area (Å²) < 4.78 is 13.1. The average molecular weight is 353 g/mol. The van der Waals surface area contributed by atoms with Gasteiger partial charge in [-0.2, -0.15) is 0 Å². The molecule has 0 amide bonds. The van der Waals surface area contributed by atoms with Gasteiger partial charge in [0.2, 0.25) is 0 Å². The molecule has 0 unspecified atom stereocenters. The predicted molar refractivity (Wildman–Crippen MR) is 83.0 cm³/mol. The minimum absolute atomic E-state index is 0.427. The van der Waals surface area contributed by atoms with Crippen LogP contribution in [0, 0.1) is 0 Å². The number of hydrogen-bond acceptors (Lipinski definition) is 4. The van der Waals surface area contributed by atoms with E-state index in [1.165, 1.54) is 0 Å². The van der Waals surface area contributed by atoms with Crippen molar-refractivity contribution in [3.63, 3.8) is 0 Å². The lowest BCUT2D eigenvalue weighted by molar-refractivity contribution is 0.281. The van der Waals surface area contributed by atoms with Crippen LogP contribution in [-0.4, -0.2) is 16.5 Å². The van der Waals surface area contributed by atoms with E-state index in [0.717, 1.165) is 33.0 Å². The zero-order chi connectivity index (χ0) is 13.9. The van der Waals surface area contributed by atoms with E-state index in [4.69, 9.17) is 9.47 Å². The molecule has 0 bridgehead atoms. The summed E-state index contributed by atoms with van der Waals surface area (Å²) in [5.74, 6) is 1.47. The van der Waals surface area contributed by atoms with Crippen LogP contribution in [0.2, 0.25) is 0 Å². The first-order valence-electron chi connectivity index (χ1n) is 6.07. The summed E-state index contributed by atoms with van der Waals surface area (Å²) in [5, 5.41) is 2.79. The van der Waals surface area contributed by atoms with Crippen LogP contribution in [0.1, 0.15) is 11.3 Å². The molecule has 0 atom stereocenters. The minimum atomic E-state index is 0.427. The third-order valence-electron chi connectivity index (χ3n) is 2.90. The maximum absolute atomic E-state index is 5.84. The Balaban J connectivity index is 1.78. The Bertz CT molecular complexity index is 694. The molecule has 20 heavy (non-hydrogen) atoms. The summed E-state index contributed by atoms with van der Waals surface area (Å²) in [5.41, 5.74) is 2.05. The Morgan fingerprint density at radius 3 is 3.00 bits per heavy atom. The topological polar surface area (TPSA) is 35.8 Å². The molecule has 104 valence electrons. The Kier molecular flexibility index (Phi) is 3.93. The van der Waals surface area contributed by atoms with Crippen molar-refractivity contribution in [3.8, 4) is 11.5 Å². The molecule has 0 aliphatic rings. The smallest absolute Gasteiger partial charge is 0.193 e. The predicted octanol–water partition coefficient (Wildman–Crippen LogP) is 3.88. The minimum Gasteiger partial charge on any atom is -0.493 e. The fraction of sp³-hybridized carbons (Fsp3) is 0.214. The molecule has 0 N–H and O–H groups in total. The number of ether oxygens (including phenoxy) is 2. The molecular weight excluding hydrogens is 340 g/mol. The molecular formula is C14H13BrN2O2S. The van der Waals surface area contributed by atoms with E-state index in [1.54, 1.807) is 18.4 Å². The highest BCUT2D eigenvalue weighted by molar-refractivity contribution is 9.08. The van der Waals surface area contributed by atoms with Gasteiger partial charge in [0.25, 0.3) is 0 Å². The monoisotopic (exact) mass is 352 g/mol. The van der Waals surface area contributed by atoms with E-state index >= 15 is 0 Å². The van der Waals surface area contributed by atoms with Crippen molar-refractivity contribution in [2.45, 2.75) is 11.9 Å². The fourth-order valence-electron chi connectivity index (χ4n) is 1.91. The van der Waals surface area contributed by atoms with E-state index in [2.05, 4.69) is 20.9 Å². The summed E-state index contributed by atoms with van der Waals surface area (Å²) >= 11 is 5.05. The molecule has 0 fully saturated rings. The summed E-state index contributed by atoms with van der Waals surface area (Å²) in [4.78, 5) is 5.47. The Morgan fingerprint density at radius 1 is 1.35 bits per heavy atom. The van der Waals surface area contributed by atoms with Crippen molar-refractivity contribution in [1.82, 2.24) is 9.38 Å². The third kappa shape index (κ3) is 2.66. The van der Waals surface area contributed by atoms with Gasteiger partial charge in [0, 0.05) is 23.1 Å². The largest absolute Gasteiger partial charge is 0.493 e. The molecule has 6 heteroatoms. The third-order valence-corrected chi connectivity index (χ3v) is 4.32. The van der Waals surface area contributed by atoms with Gasteiger partial charge in [0.15, 0.2) is 16.5 Å². The van der Waals surface area contributed by atoms with Gasteiger partial charge < -0.3 is 9.47 Å². The van der Waals surface area contributed by atoms with Crippen LogP contribution < -0.4 is 9.47 Å². The maximum atomic E-state index is 5.84. The molecule has 2 heterocycles. The average Bonchev–Trinajstić information content (AvgIpc) is 3.05. The summed E-state index contributed by atoms with van der Waals surface area (Å²) in [7, 11) is 1.64. The Morgan fingerprint density at radius 2 is 2.25 bits per heavy atom. The number of methoxy groups -OCH3 is 1. The van der Waals surface area contributed by atoms with Gasteiger partial charge in [0.1, 0.15) is 6.61 Å². The van der Waals surface area contributed by atoms with E-state index in [9.17, 15) is 0 Å². The standard InChI is InChI=1S/C14H13BrN2O2S/c1-18-12-3-2-10(7-15)6-13(12)19-9-11-8-17-4-5-20-14(17)16-11/h2-6,8H,7,9H2,1H3. The molecule has 0 saturated heterocycles. The van der Waals surface area contributed by atoms with Crippen molar-refractivity contribution in [3.05, 3.63) is 47.2 Å². The molecule has 0 saturated carbocycles. The van der Waals surface area contributed by atoms with Gasteiger partial charge in [-0.25, -0.2) is 4.98 Å². The first-order valence-corrected chi connectivity index (χ1v) is 8.07. The summed E-state index contributed by atoms with van der Waals surface area (Å²) in [6.45, 7) is 0.427. The zero-order valence-corrected chi connectivity index (χ0v) is 13.3. The summed E-state index contributed by atoms with van der Waals surface area (Å²) in [6.07, 6.45) is 3.97. The van der Waals surface area contributed by atoms with Crippen LogP contribution in [0.15, 0.2) is 36.0 Å². The van der Waals surface area contributed by atoms with Crippen molar-refractivity contribution in [2.24, 2.45) is 0 Å². The zero-order valence-electron chi connectivity index (χ0n) is 10.9. The number of imidazole rings is 1. The van der Waals surface area contributed by atoms with Gasteiger partial charge in [-0.1, -0.05) is 22.0 Å².